The minimum atomic E-state index is -0.806. The zero-order valence-electron chi connectivity index (χ0n) is 17.9. The third kappa shape index (κ3) is 2.07. The van der Waals surface area contributed by atoms with Crippen molar-refractivity contribution < 1.29 is 24.1 Å². The Bertz CT molecular complexity index is 784. The van der Waals surface area contributed by atoms with E-state index in [1.165, 1.54) is 0 Å². The van der Waals surface area contributed by atoms with E-state index in [-0.39, 0.29) is 30.3 Å². The SMILES string of the molecule is COC1=C2O[C@H]3C4(CCC5(O)[C@H]6CC(C=C1)C2[C@@]35CCN6C)O[C@@H](C)C[C@H](C)O4. The van der Waals surface area contributed by atoms with Gasteiger partial charge >= 0.3 is 0 Å². The van der Waals surface area contributed by atoms with E-state index < -0.39 is 16.8 Å². The molecule has 3 saturated heterocycles. The van der Waals surface area contributed by atoms with E-state index in [1.807, 2.05) is 0 Å². The molecule has 160 valence electrons. The number of allylic oxidation sites excluding steroid dienone is 3. The molecule has 6 rings (SSSR count). The molecule has 0 aromatic heterocycles. The number of ether oxygens (including phenoxy) is 4. The maximum Gasteiger partial charge on any atom is 0.207 e. The van der Waals surface area contributed by atoms with Gasteiger partial charge in [-0.2, -0.15) is 0 Å². The molecule has 2 saturated carbocycles. The minimum absolute atomic E-state index is 0.114. The van der Waals surface area contributed by atoms with Crippen LogP contribution in [0.15, 0.2) is 23.7 Å². The van der Waals surface area contributed by atoms with Crippen molar-refractivity contribution in [1.29, 1.82) is 0 Å². The molecule has 6 nitrogen and oxygen atoms in total. The Morgan fingerprint density at radius 1 is 1.14 bits per heavy atom. The van der Waals surface area contributed by atoms with Crippen molar-refractivity contribution in [2.75, 3.05) is 20.7 Å². The van der Waals surface area contributed by atoms with Crippen LogP contribution < -0.4 is 0 Å². The van der Waals surface area contributed by atoms with Gasteiger partial charge in [-0.05, 0) is 65.1 Å². The van der Waals surface area contributed by atoms with Crippen molar-refractivity contribution in [2.24, 2.45) is 17.3 Å². The lowest BCUT2D eigenvalue weighted by molar-refractivity contribution is -0.397. The highest BCUT2D eigenvalue weighted by molar-refractivity contribution is 5.39. The van der Waals surface area contributed by atoms with Gasteiger partial charge in [-0.3, -0.25) is 0 Å². The number of hydrogen-bond donors (Lipinski definition) is 1. The third-order valence-corrected chi connectivity index (χ3v) is 8.92. The highest BCUT2D eigenvalue weighted by atomic mass is 16.7. The Hall–Kier alpha value is -1.08. The topological polar surface area (TPSA) is 60.4 Å². The van der Waals surface area contributed by atoms with E-state index in [1.54, 1.807) is 7.11 Å². The summed E-state index contributed by atoms with van der Waals surface area (Å²) < 4.78 is 25.7. The molecule has 3 aliphatic heterocycles. The summed E-state index contributed by atoms with van der Waals surface area (Å²) >= 11 is 0. The monoisotopic (exact) mass is 403 g/mol. The molecule has 2 bridgehead atoms. The van der Waals surface area contributed by atoms with Gasteiger partial charge in [-0.15, -0.1) is 0 Å². The molecule has 8 atom stereocenters. The van der Waals surface area contributed by atoms with E-state index in [0.29, 0.717) is 18.8 Å². The zero-order valence-corrected chi connectivity index (χ0v) is 17.9. The van der Waals surface area contributed by atoms with Crippen LogP contribution in [-0.4, -0.2) is 66.5 Å². The Kier molecular flexibility index (Phi) is 3.72. The van der Waals surface area contributed by atoms with Crippen molar-refractivity contribution in [3.05, 3.63) is 23.7 Å². The molecule has 2 spiro atoms. The normalized spacial score (nSPS) is 55.6. The lowest BCUT2D eigenvalue weighted by Crippen LogP contribution is -2.79. The Morgan fingerprint density at radius 3 is 2.62 bits per heavy atom. The molecule has 6 aliphatic rings. The van der Waals surface area contributed by atoms with E-state index in [2.05, 4.69) is 37.9 Å². The predicted octanol–water partition coefficient (Wildman–Crippen LogP) is 2.57. The van der Waals surface area contributed by atoms with Crippen molar-refractivity contribution >= 4 is 0 Å². The summed E-state index contributed by atoms with van der Waals surface area (Å²) in [4.78, 5) is 2.37. The number of fused-ring (bicyclic) bond motifs is 1. The minimum Gasteiger partial charge on any atom is -0.493 e. The molecule has 1 N–H and O–H groups in total. The molecular formula is C23H33NO5. The van der Waals surface area contributed by atoms with Gasteiger partial charge in [0.15, 0.2) is 11.9 Å². The van der Waals surface area contributed by atoms with E-state index in [9.17, 15) is 5.11 Å². The van der Waals surface area contributed by atoms with Crippen molar-refractivity contribution in [3.63, 3.8) is 0 Å². The molecule has 0 amide bonds. The first-order valence-electron chi connectivity index (χ1n) is 11.3. The molecule has 6 heteroatoms. The fraction of sp³-hybridized carbons (Fsp3) is 0.826. The second kappa shape index (κ2) is 5.78. The van der Waals surface area contributed by atoms with Crippen LogP contribution in [0, 0.1) is 17.3 Å². The van der Waals surface area contributed by atoms with Crippen LogP contribution in [0.25, 0.3) is 0 Å². The summed E-state index contributed by atoms with van der Waals surface area (Å²) in [5.41, 5.74) is -1.22. The first-order valence-corrected chi connectivity index (χ1v) is 11.3. The summed E-state index contributed by atoms with van der Waals surface area (Å²) in [6.07, 6.45) is 8.32. The molecule has 29 heavy (non-hydrogen) atoms. The van der Waals surface area contributed by atoms with Gasteiger partial charge in [0, 0.05) is 18.4 Å². The molecule has 0 aromatic rings. The standard InChI is InChI=1S/C23H33NO5/c1-13-11-14(2)29-23(28-13)8-7-22(25)17-12-15-5-6-16(26-4)19-18(15)21(22,20(23)27-19)9-10-24(17)3/h5-6,13-15,17-18,20,25H,7-12H2,1-4H3/t13-,14-,15?,17+,18?,20+,21-,22?/m0/s1. The van der Waals surface area contributed by atoms with E-state index >= 15 is 0 Å². The van der Waals surface area contributed by atoms with Gasteiger partial charge in [0.05, 0.1) is 30.3 Å². The number of rotatable bonds is 1. The molecule has 3 unspecified atom stereocenters. The summed E-state index contributed by atoms with van der Waals surface area (Å²) in [6.45, 7) is 5.21. The van der Waals surface area contributed by atoms with Gasteiger partial charge < -0.3 is 29.0 Å². The molecule has 5 fully saturated rings. The van der Waals surface area contributed by atoms with Crippen molar-refractivity contribution in [3.8, 4) is 0 Å². The summed E-state index contributed by atoms with van der Waals surface area (Å²) in [6, 6.07) is 0.132. The third-order valence-electron chi connectivity index (χ3n) is 8.92. The van der Waals surface area contributed by atoms with Gasteiger partial charge in [0.2, 0.25) is 5.79 Å². The van der Waals surface area contributed by atoms with Crippen molar-refractivity contribution in [2.45, 2.75) is 81.7 Å². The average molecular weight is 404 g/mol. The van der Waals surface area contributed by atoms with E-state index in [0.717, 1.165) is 37.3 Å². The lowest BCUT2D eigenvalue weighted by atomic mass is 9.43. The van der Waals surface area contributed by atoms with Crippen LogP contribution in [0.2, 0.25) is 0 Å². The number of likely N-dealkylation sites (N-methyl/N-ethyl adjacent to an activating group) is 1. The van der Waals surface area contributed by atoms with Crippen LogP contribution >= 0.6 is 0 Å². The highest BCUT2D eigenvalue weighted by Crippen LogP contribution is 2.72. The molecule has 0 radical (unpaired) electrons. The Morgan fingerprint density at radius 2 is 1.90 bits per heavy atom. The number of hydrogen-bond acceptors (Lipinski definition) is 6. The van der Waals surface area contributed by atoms with Gasteiger partial charge in [-0.1, -0.05) is 6.08 Å². The average Bonchev–Trinajstić information content (AvgIpc) is 3.03. The largest absolute Gasteiger partial charge is 0.493 e. The molecular weight excluding hydrogens is 370 g/mol. The number of nitrogens with zero attached hydrogens (tertiary/aromatic N) is 1. The van der Waals surface area contributed by atoms with Crippen molar-refractivity contribution in [1.82, 2.24) is 4.90 Å². The fourth-order valence-corrected chi connectivity index (χ4v) is 7.99. The Balaban J connectivity index is 1.56. The zero-order chi connectivity index (χ0) is 20.2. The second-order valence-corrected chi connectivity index (χ2v) is 10.3. The summed E-state index contributed by atoms with van der Waals surface area (Å²) in [5.74, 6) is 1.37. The second-order valence-electron chi connectivity index (χ2n) is 10.3. The number of aliphatic hydroxyl groups is 1. The lowest BCUT2D eigenvalue weighted by Gasteiger charge is -2.68. The molecule has 0 aromatic carbocycles. The first kappa shape index (κ1) is 18.7. The number of piperidine rings is 1. The maximum absolute atomic E-state index is 12.4. The van der Waals surface area contributed by atoms with Gasteiger partial charge in [0.1, 0.15) is 5.76 Å². The fourth-order valence-electron chi connectivity index (χ4n) is 7.99. The smallest absolute Gasteiger partial charge is 0.207 e. The highest BCUT2D eigenvalue weighted by Gasteiger charge is 2.80. The number of methoxy groups -OCH3 is 1. The molecule has 3 heterocycles. The maximum atomic E-state index is 12.4. The number of likely N-dealkylation sites (tertiary alicyclic amines) is 1. The van der Waals surface area contributed by atoms with Crippen LogP contribution in [0.3, 0.4) is 0 Å². The van der Waals surface area contributed by atoms with E-state index in [4.69, 9.17) is 18.9 Å². The molecule has 3 aliphatic carbocycles. The van der Waals surface area contributed by atoms with Crippen LogP contribution in [0.5, 0.6) is 0 Å². The first-order chi connectivity index (χ1) is 13.8. The van der Waals surface area contributed by atoms with Crippen LogP contribution in [0.4, 0.5) is 0 Å². The predicted molar refractivity (Wildman–Crippen MR) is 106 cm³/mol. The van der Waals surface area contributed by atoms with Gasteiger partial charge in [-0.25, -0.2) is 0 Å². The summed E-state index contributed by atoms with van der Waals surface area (Å²) in [5, 5.41) is 12.4. The summed E-state index contributed by atoms with van der Waals surface area (Å²) in [7, 11) is 3.86. The van der Waals surface area contributed by atoms with Gasteiger partial charge in [0.25, 0.3) is 0 Å². The van der Waals surface area contributed by atoms with Crippen LogP contribution in [0.1, 0.15) is 46.0 Å². The van der Waals surface area contributed by atoms with Crippen LogP contribution in [-0.2, 0) is 18.9 Å². The Labute approximate surface area is 172 Å². The quantitative estimate of drug-likeness (QED) is 0.726.